The van der Waals surface area contributed by atoms with Gasteiger partial charge in [-0.15, -0.1) is 0 Å². The Kier molecular flexibility index (Phi) is 6.21. The molecule has 0 atom stereocenters. The molecule has 186 valence electrons. The molecule has 0 aromatic heterocycles. The fourth-order valence-electron chi connectivity index (χ4n) is 3.86. The number of rotatable bonds is 5. The molecular formula is C26H22F3N3O4. The fraction of sp³-hybridized carbons (Fsp3) is 0.192. The van der Waals surface area contributed by atoms with Crippen molar-refractivity contribution in [3.63, 3.8) is 0 Å². The zero-order chi connectivity index (χ0) is 26.3. The average Bonchev–Trinajstić information content (AvgIpc) is 3.15. The lowest BCUT2D eigenvalue weighted by Crippen LogP contribution is -2.50. The number of carboxylic acid groups (broad SMARTS) is 1. The van der Waals surface area contributed by atoms with Crippen LogP contribution in [-0.4, -0.2) is 33.5 Å². The summed E-state index contributed by atoms with van der Waals surface area (Å²) in [6, 6.07) is 15.6. The van der Waals surface area contributed by atoms with Crippen LogP contribution in [0, 0.1) is 0 Å². The van der Waals surface area contributed by atoms with Crippen LogP contribution in [0.1, 0.15) is 35.3 Å². The molecule has 36 heavy (non-hydrogen) atoms. The van der Waals surface area contributed by atoms with Gasteiger partial charge in [-0.1, -0.05) is 30.3 Å². The van der Waals surface area contributed by atoms with E-state index >= 15 is 0 Å². The summed E-state index contributed by atoms with van der Waals surface area (Å²) in [5.74, 6) is -1.45. The quantitative estimate of drug-likeness (QED) is 0.413. The summed E-state index contributed by atoms with van der Waals surface area (Å²) < 4.78 is 38.6. The van der Waals surface area contributed by atoms with Crippen LogP contribution in [0.15, 0.2) is 66.7 Å². The molecule has 3 N–H and O–H groups in total. The summed E-state index contributed by atoms with van der Waals surface area (Å²) in [5.41, 5.74) is 0.858. The number of carboxylic acids is 1. The minimum atomic E-state index is -4.52. The van der Waals surface area contributed by atoms with Gasteiger partial charge in [-0.25, -0.2) is 9.59 Å². The van der Waals surface area contributed by atoms with E-state index in [4.69, 9.17) is 0 Å². The molecule has 1 heterocycles. The van der Waals surface area contributed by atoms with Gasteiger partial charge in [0.1, 0.15) is 5.54 Å². The lowest BCUT2D eigenvalue weighted by molar-refractivity contribution is -0.147. The van der Waals surface area contributed by atoms with E-state index in [1.54, 1.807) is 36.4 Å². The summed E-state index contributed by atoms with van der Waals surface area (Å²) in [6.07, 6.45) is -4.52. The number of alkyl halides is 3. The third kappa shape index (κ3) is 4.88. The maximum absolute atomic E-state index is 12.9. The molecule has 0 aliphatic carbocycles. The van der Waals surface area contributed by atoms with E-state index in [9.17, 15) is 32.7 Å². The van der Waals surface area contributed by atoms with Crippen molar-refractivity contribution in [2.45, 2.75) is 32.1 Å². The molecule has 1 aliphatic rings. The second-order valence-electron chi connectivity index (χ2n) is 8.86. The third-order valence-corrected chi connectivity index (χ3v) is 6.04. The van der Waals surface area contributed by atoms with E-state index in [1.807, 2.05) is 6.07 Å². The van der Waals surface area contributed by atoms with Crippen molar-refractivity contribution in [1.82, 2.24) is 4.90 Å². The third-order valence-electron chi connectivity index (χ3n) is 6.04. The van der Waals surface area contributed by atoms with Gasteiger partial charge >= 0.3 is 18.2 Å². The van der Waals surface area contributed by atoms with E-state index in [0.717, 1.165) is 28.8 Å². The molecule has 0 saturated carbocycles. The SMILES string of the molecule is CC(C)(C(=O)O)N1Cc2ccc(-c3ccc(NC(=O)Nc4cccc(C(F)(F)F)c4)cc3)cc2C1=O. The van der Waals surface area contributed by atoms with Crippen LogP contribution in [0.5, 0.6) is 0 Å². The van der Waals surface area contributed by atoms with E-state index in [0.29, 0.717) is 11.3 Å². The monoisotopic (exact) mass is 497 g/mol. The van der Waals surface area contributed by atoms with Crippen molar-refractivity contribution in [2.24, 2.45) is 0 Å². The van der Waals surface area contributed by atoms with E-state index < -0.39 is 29.3 Å². The molecule has 10 heteroatoms. The van der Waals surface area contributed by atoms with Gasteiger partial charge in [-0.05, 0) is 66.9 Å². The van der Waals surface area contributed by atoms with Crippen LogP contribution >= 0.6 is 0 Å². The Balaban J connectivity index is 1.45. The van der Waals surface area contributed by atoms with Gasteiger partial charge in [-0.3, -0.25) is 4.79 Å². The Labute approximate surface area is 204 Å². The molecule has 1 aliphatic heterocycles. The number of carbonyl (C=O) groups is 3. The van der Waals surface area contributed by atoms with Crippen molar-refractivity contribution < 1.29 is 32.7 Å². The normalized spacial score (nSPS) is 13.4. The van der Waals surface area contributed by atoms with Crippen molar-refractivity contribution >= 4 is 29.3 Å². The molecule has 7 nitrogen and oxygen atoms in total. The average molecular weight is 497 g/mol. The molecule has 0 bridgehead atoms. The summed E-state index contributed by atoms with van der Waals surface area (Å²) in [6.45, 7) is 3.17. The molecule has 3 aromatic carbocycles. The Bertz CT molecular complexity index is 1350. The molecule has 0 saturated heterocycles. The second-order valence-corrected chi connectivity index (χ2v) is 8.86. The van der Waals surface area contributed by atoms with E-state index in [-0.39, 0.29) is 18.1 Å². The number of urea groups is 1. The Hall–Kier alpha value is -4.34. The van der Waals surface area contributed by atoms with E-state index in [1.165, 1.54) is 30.9 Å². The summed E-state index contributed by atoms with van der Waals surface area (Å²) in [5, 5.41) is 14.4. The highest BCUT2D eigenvalue weighted by Crippen LogP contribution is 2.33. The van der Waals surface area contributed by atoms with E-state index in [2.05, 4.69) is 10.6 Å². The predicted octanol–water partition coefficient (Wildman–Crippen LogP) is 5.84. The maximum atomic E-state index is 12.9. The van der Waals surface area contributed by atoms with Crippen LogP contribution in [0.4, 0.5) is 29.3 Å². The van der Waals surface area contributed by atoms with Crippen molar-refractivity contribution in [3.8, 4) is 11.1 Å². The number of fused-ring (bicyclic) bond motifs is 1. The minimum Gasteiger partial charge on any atom is -0.480 e. The number of benzene rings is 3. The van der Waals surface area contributed by atoms with Gasteiger partial charge in [0.15, 0.2) is 0 Å². The highest BCUT2D eigenvalue weighted by atomic mass is 19.4. The standard InChI is InChI=1S/C26H22F3N3O4/c1-25(2,23(34)35)32-14-17-7-6-16(12-21(17)22(32)33)15-8-10-19(11-9-15)30-24(36)31-20-5-3-4-18(13-20)26(27,28)29/h3-13H,14H2,1-2H3,(H,34,35)(H2,30,31,36). The number of hydrogen-bond acceptors (Lipinski definition) is 3. The first-order chi connectivity index (χ1) is 16.9. The molecular weight excluding hydrogens is 475 g/mol. The Morgan fingerprint density at radius 3 is 2.17 bits per heavy atom. The Morgan fingerprint density at radius 1 is 0.889 bits per heavy atom. The Morgan fingerprint density at radius 2 is 1.53 bits per heavy atom. The zero-order valence-electron chi connectivity index (χ0n) is 19.3. The lowest BCUT2D eigenvalue weighted by Gasteiger charge is -2.31. The molecule has 0 fully saturated rings. The van der Waals surface area contributed by atoms with Crippen LogP contribution in [0.2, 0.25) is 0 Å². The van der Waals surface area contributed by atoms with Gasteiger partial charge < -0.3 is 20.6 Å². The van der Waals surface area contributed by atoms with Crippen molar-refractivity contribution in [3.05, 3.63) is 83.4 Å². The topological polar surface area (TPSA) is 98.7 Å². The minimum absolute atomic E-state index is 0.00173. The molecule has 4 rings (SSSR count). The number of halogens is 3. The zero-order valence-corrected chi connectivity index (χ0v) is 19.3. The molecule has 3 amide bonds. The number of hydrogen-bond donors (Lipinski definition) is 3. The van der Waals surface area contributed by atoms with Gasteiger partial charge in [-0.2, -0.15) is 13.2 Å². The first kappa shape index (κ1) is 24.8. The van der Waals surface area contributed by atoms with Gasteiger partial charge in [0, 0.05) is 23.5 Å². The highest BCUT2D eigenvalue weighted by Gasteiger charge is 2.42. The van der Waals surface area contributed by atoms with Gasteiger partial charge in [0.25, 0.3) is 5.91 Å². The van der Waals surface area contributed by atoms with Gasteiger partial charge in [0.05, 0.1) is 5.56 Å². The number of carbonyl (C=O) groups excluding carboxylic acids is 2. The number of amides is 3. The molecule has 0 spiro atoms. The lowest BCUT2D eigenvalue weighted by atomic mass is 10.00. The fourth-order valence-corrected chi connectivity index (χ4v) is 3.86. The van der Waals surface area contributed by atoms with Crippen molar-refractivity contribution in [1.29, 1.82) is 0 Å². The van der Waals surface area contributed by atoms with Crippen molar-refractivity contribution in [2.75, 3.05) is 10.6 Å². The summed E-state index contributed by atoms with van der Waals surface area (Å²) in [7, 11) is 0. The van der Waals surface area contributed by atoms with Gasteiger partial charge in [0.2, 0.25) is 0 Å². The van der Waals surface area contributed by atoms with Crippen LogP contribution in [-0.2, 0) is 17.5 Å². The number of aliphatic carboxylic acids is 1. The largest absolute Gasteiger partial charge is 0.480 e. The summed E-state index contributed by atoms with van der Waals surface area (Å²) >= 11 is 0. The second kappa shape index (κ2) is 9.03. The smallest absolute Gasteiger partial charge is 0.416 e. The predicted molar refractivity (Wildman–Crippen MR) is 128 cm³/mol. The number of nitrogens with one attached hydrogen (secondary N) is 2. The first-order valence-electron chi connectivity index (χ1n) is 10.9. The maximum Gasteiger partial charge on any atom is 0.416 e. The summed E-state index contributed by atoms with van der Waals surface area (Å²) in [4.78, 5) is 38.0. The van der Waals surface area contributed by atoms with Crippen LogP contribution in [0.3, 0.4) is 0 Å². The van der Waals surface area contributed by atoms with Crippen LogP contribution in [0.25, 0.3) is 11.1 Å². The highest BCUT2D eigenvalue weighted by molar-refractivity contribution is 6.02. The molecule has 0 radical (unpaired) electrons. The number of nitrogens with zero attached hydrogens (tertiary/aromatic N) is 1. The number of anilines is 2. The van der Waals surface area contributed by atoms with Crippen LogP contribution < -0.4 is 10.6 Å². The first-order valence-corrected chi connectivity index (χ1v) is 10.9. The molecule has 0 unspecified atom stereocenters. The molecule has 3 aromatic rings.